The van der Waals surface area contributed by atoms with Crippen LogP contribution in [-0.2, 0) is 25.9 Å². The minimum absolute atomic E-state index is 0. The van der Waals surface area contributed by atoms with E-state index < -0.39 is 0 Å². The second-order valence-electron chi connectivity index (χ2n) is 7.15. The molecule has 4 nitrogen and oxygen atoms in total. The molecule has 1 aliphatic heterocycles. The first-order valence-electron chi connectivity index (χ1n) is 9.99. The number of hydrogen-bond donors (Lipinski definition) is 1. The molecule has 1 fully saturated rings. The molecule has 1 saturated heterocycles. The second kappa shape index (κ2) is 12.6. The van der Waals surface area contributed by atoms with Crippen LogP contribution in [0, 0.1) is 12.6 Å². The summed E-state index contributed by atoms with van der Waals surface area (Å²) in [6.07, 6.45) is 1.29. The van der Waals surface area contributed by atoms with Crippen LogP contribution in [0.4, 0.5) is 11.4 Å². The average Bonchev–Trinajstić information content (AvgIpc) is 3.20. The van der Waals surface area contributed by atoms with Crippen molar-refractivity contribution in [1.29, 1.82) is 0 Å². The topological polar surface area (TPSA) is 43.8 Å². The number of allylic oxidation sites excluding steroid dienone is 2. The van der Waals surface area contributed by atoms with Crippen LogP contribution in [-0.4, -0.2) is 17.4 Å². The van der Waals surface area contributed by atoms with E-state index in [1.807, 2.05) is 12.1 Å². The normalized spacial score (nSPS) is 15.5. The number of nitrogens with zero attached hydrogens (tertiary/aromatic N) is 2. The summed E-state index contributed by atoms with van der Waals surface area (Å²) in [6, 6.07) is 30.6. The van der Waals surface area contributed by atoms with Gasteiger partial charge in [-0.05, 0) is 43.7 Å². The number of hydrogen-bond acceptors (Lipinski definition) is 4. The Hall–Kier alpha value is -2.36. The zero-order valence-corrected chi connectivity index (χ0v) is 21.7. The Bertz CT molecular complexity index is 960. The molecule has 0 aliphatic carbocycles. The van der Waals surface area contributed by atoms with Crippen molar-refractivity contribution in [1.82, 2.24) is 0 Å². The number of ketones is 1. The predicted octanol–water partition coefficient (Wildman–Crippen LogP) is 6.47. The van der Waals surface area contributed by atoms with Gasteiger partial charge in [0.25, 0.3) is 0 Å². The number of aliphatic hydroxyl groups excluding tert-OH is 1. The van der Waals surface area contributed by atoms with Crippen molar-refractivity contribution in [2.24, 2.45) is 0 Å². The molecule has 32 heavy (non-hydrogen) atoms. The minimum Gasteiger partial charge on any atom is -0.519 e. The molecule has 0 radical (unpaired) electrons. The fourth-order valence-corrected chi connectivity index (χ4v) is 3.70. The quantitative estimate of drug-likeness (QED) is 0.196. The Morgan fingerprint density at radius 3 is 2.25 bits per heavy atom. The third kappa shape index (κ3) is 7.08. The number of halogens is 1. The zero-order chi connectivity index (χ0) is 22.2. The molecule has 0 amide bonds. The van der Waals surface area contributed by atoms with Gasteiger partial charge in [-0.3, -0.25) is 4.79 Å². The number of para-hydroxylation sites is 2. The molecular weight excluding hydrogens is 647 g/mol. The molecule has 3 aromatic carbocycles. The number of rotatable bonds is 4. The van der Waals surface area contributed by atoms with Gasteiger partial charge in [0.1, 0.15) is 0 Å². The van der Waals surface area contributed by atoms with E-state index in [9.17, 15) is 4.79 Å². The minimum atomic E-state index is -0.125. The SMILES string of the molecule is Brc1ccc(C2N(c3[c-]cccc3)[CH-]CN2c2ccccc2)cc1.CC(=O)/C=C(/C)O.[Pt+2]. The summed E-state index contributed by atoms with van der Waals surface area (Å²) in [5.74, 6) is -0.0625. The summed E-state index contributed by atoms with van der Waals surface area (Å²) in [7, 11) is 0. The molecule has 1 aliphatic rings. The molecule has 0 aromatic heterocycles. The molecule has 0 bridgehead atoms. The smallest absolute Gasteiger partial charge is 0.519 e. The van der Waals surface area contributed by atoms with Gasteiger partial charge in [-0.25, -0.2) is 6.54 Å². The molecule has 1 atom stereocenters. The van der Waals surface area contributed by atoms with Crippen molar-refractivity contribution in [2.75, 3.05) is 16.3 Å². The molecule has 4 rings (SSSR count). The van der Waals surface area contributed by atoms with E-state index in [1.54, 1.807) is 0 Å². The number of aliphatic hydroxyl groups is 1. The maximum absolute atomic E-state index is 10.0. The molecule has 6 heteroatoms. The molecule has 3 aromatic rings. The van der Waals surface area contributed by atoms with Crippen molar-refractivity contribution in [3.8, 4) is 0 Å². The number of carbonyl (C=O) groups excluding carboxylic acids is 1. The molecule has 1 heterocycles. The summed E-state index contributed by atoms with van der Waals surface area (Å²) in [4.78, 5) is 14.7. The molecule has 0 spiro atoms. The fraction of sp³-hybridized carbons (Fsp3) is 0.154. The van der Waals surface area contributed by atoms with Gasteiger partial charge in [-0.15, -0.1) is 5.69 Å². The third-order valence-corrected chi connectivity index (χ3v) is 5.20. The van der Waals surface area contributed by atoms with Crippen LogP contribution in [0.2, 0.25) is 0 Å². The van der Waals surface area contributed by atoms with Gasteiger partial charge >= 0.3 is 21.1 Å². The number of benzene rings is 3. The van der Waals surface area contributed by atoms with E-state index in [-0.39, 0.29) is 38.8 Å². The van der Waals surface area contributed by atoms with Crippen LogP contribution in [0.25, 0.3) is 0 Å². The van der Waals surface area contributed by atoms with Gasteiger partial charge in [0.2, 0.25) is 0 Å². The summed E-state index contributed by atoms with van der Waals surface area (Å²) >= 11 is 3.53. The predicted molar refractivity (Wildman–Crippen MR) is 130 cm³/mol. The first-order chi connectivity index (χ1) is 15.0. The van der Waals surface area contributed by atoms with Gasteiger partial charge in [-0.2, -0.15) is 30.3 Å². The van der Waals surface area contributed by atoms with Gasteiger partial charge in [0.05, 0.1) is 11.9 Å². The van der Waals surface area contributed by atoms with E-state index in [1.165, 1.54) is 31.2 Å². The van der Waals surface area contributed by atoms with Crippen LogP contribution in [0.3, 0.4) is 0 Å². The molecular formula is C26H25BrN2O2Pt. The van der Waals surface area contributed by atoms with Crippen LogP contribution in [0.1, 0.15) is 25.6 Å². The Morgan fingerprint density at radius 1 is 1.06 bits per heavy atom. The molecule has 168 valence electrons. The number of anilines is 2. The summed E-state index contributed by atoms with van der Waals surface area (Å²) in [6.45, 7) is 5.96. The Labute approximate surface area is 213 Å². The molecule has 1 N–H and O–H groups in total. The van der Waals surface area contributed by atoms with E-state index >= 15 is 0 Å². The van der Waals surface area contributed by atoms with Crippen LogP contribution in [0.5, 0.6) is 0 Å². The van der Waals surface area contributed by atoms with Crippen molar-refractivity contribution in [2.45, 2.75) is 20.0 Å². The van der Waals surface area contributed by atoms with Crippen molar-refractivity contribution >= 4 is 33.1 Å². The van der Waals surface area contributed by atoms with E-state index in [0.717, 1.165) is 16.7 Å². The Morgan fingerprint density at radius 2 is 1.72 bits per heavy atom. The Balaban J connectivity index is 0.000000398. The van der Waals surface area contributed by atoms with E-state index in [2.05, 4.69) is 105 Å². The van der Waals surface area contributed by atoms with Gasteiger partial charge in [0.15, 0.2) is 5.78 Å². The van der Waals surface area contributed by atoms with E-state index in [0.29, 0.717) is 0 Å². The maximum atomic E-state index is 10.0. The van der Waals surface area contributed by atoms with Crippen molar-refractivity contribution < 1.29 is 31.0 Å². The monoisotopic (exact) mass is 671 g/mol. The first-order valence-corrected chi connectivity index (χ1v) is 10.8. The second-order valence-corrected chi connectivity index (χ2v) is 8.06. The van der Waals surface area contributed by atoms with Gasteiger partial charge in [0, 0.05) is 16.2 Å². The van der Waals surface area contributed by atoms with Crippen LogP contribution >= 0.6 is 15.9 Å². The molecule has 0 saturated carbocycles. The van der Waals surface area contributed by atoms with Crippen molar-refractivity contribution in [3.05, 3.63) is 113 Å². The number of carbonyl (C=O) groups is 1. The Kier molecular flexibility index (Phi) is 10.2. The summed E-state index contributed by atoms with van der Waals surface area (Å²) in [5.41, 5.74) is 3.57. The van der Waals surface area contributed by atoms with Crippen LogP contribution in [0.15, 0.2) is 95.2 Å². The first kappa shape index (κ1) is 25.9. The summed E-state index contributed by atoms with van der Waals surface area (Å²) in [5, 5.41) is 8.36. The van der Waals surface area contributed by atoms with Crippen molar-refractivity contribution in [3.63, 3.8) is 0 Å². The van der Waals surface area contributed by atoms with E-state index in [4.69, 9.17) is 5.11 Å². The largest absolute Gasteiger partial charge is 2.00 e. The third-order valence-electron chi connectivity index (χ3n) is 4.67. The maximum Gasteiger partial charge on any atom is 2.00 e. The summed E-state index contributed by atoms with van der Waals surface area (Å²) < 4.78 is 1.09. The van der Waals surface area contributed by atoms with Gasteiger partial charge < -0.3 is 14.9 Å². The average molecular weight is 672 g/mol. The van der Waals surface area contributed by atoms with Crippen LogP contribution < -0.4 is 9.80 Å². The van der Waals surface area contributed by atoms with Gasteiger partial charge in [-0.1, -0.05) is 52.8 Å². The standard InChI is InChI=1S/C21H17BrN2.C5H8O2.Pt/c22-18-13-11-17(12-14-18)21-23(19-7-3-1-4-8-19)15-16-24(21)20-9-5-2-6-10-20;1-4(6)3-5(2)7;/h1-9,11-14,16,21H,15H2;3,6H,1-2H3;/q-2;;+2/b;4-3-;. The fourth-order valence-electron chi connectivity index (χ4n) is 3.44. The zero-order valence-electron chi connectivity index (χ0n) is 17.9. The molecule has 1 unspecified atom stereocenters.